The van der Waals surface area contributed by atoms with Gasteiger partial charge in [-0.3, -0.25) is 5.43 Å². The molecule has 114 valence electrons. The van der Waals surface area contributed by atoms with Crippen molar-refractivity contribution in [1.82, 2.24) is 14.7 Å². The highest BCUT2D eigenvalue weighted by molar-refractivity contribution is 7.89. The van der Waals surface area contributed by atoms with Crippen LogP contribution >= 0.6 is 11.3 Å². The number of thiophene rings is 1. The lowest BCUT2D eigenvalue weighted by molar-refractivity contribution is 0.566. The monoisotopic (exact) mass is 327 g/mol. The minimum absolute atomic E-state index is 0.00189. The van der Waals surface area contributed by atoms with Gasteiger partial charge in [0.15, 0.2) is 0 Å². The van der Waals surface area contributed by atoms with E-state index in [1.807, 2.05) is 26.8 Å². The van der Waals surface area contributed by atoms with E-state index in [2.05, 4.69) is 20.1 Å². The van der Waals surface area contributed by atoms with Crippen LogP contribution in [0.5, 0.6) is 0 Å². The van der Waals surface area contributed by atoms with Crippen molar-refractivity contribution in [2.45, 2.75) is 31.7 Å². The molecule has 0 spiro atoms. The average molecular weight is 327 g/mol. The molecule has 0 bridgehead atoms. The van der Waals surface area contributed by atoms with Crippen molar-refractivity contribution in [2.75, 3.05) is 5.43 Å². The van der Waals surface area contributed by atoms with E-state index < -0.39 is 10.0 Å². The summed E-state index contributed by atoms with van der Waals surface area (Å²) in [5.41, 5.74) is 3.22. The van der Waals surface area contributed by atoms with E-state index in [0.29, 0.717) is 0 Å². The van der Waals surface area contributed by atoms with Gasteiger partial charge in [0, 0.05) is 15.8 Å². The van der Waals surface area contributed by atoms with Gasteiger partial charge in [-0.25, -0.2) is 29.0 Å². The Morgan fingerprint density at radius 2 is 1.90 bits per heavy atom. The summed E-state index contributed by atoms with van der Waals surface area (Å²) in [6.45, 7) is 5.78. The third-order valence-corrected chi connectivity index (χ3v) is 5.42. The zero-order valence-corrected chi connectivity index (χ0v) is 13.5. The molecule has 0 radical (unpaired) electrons. The number of hydrazine groups is 1. The molecule has 2 aromatic rings. The number of sulfonamides is 1. The number of aromatic nitrogens is 2. The average Bonchev–Trinajstić information content (AvgIpc) is 2.77. The smallest absolute Gasteiger partial charge is 0.244 e. The fraction of sp³-hybridized carbons (Fsp3) is 0.333. The van der Waals surface area contributed by atoms with Gasteiger partial charge in [-0.05, 0) is 32.4 Å². The standard InChI is InChI=1S/C12H17N5O2S2/c1-7-4-11(9(3)20-7)8(2)17-21(18,19)10-5-14-12(16-13)15-6-10/h4-6,8,17H,13H2,1-3H3,(H,14,15,16). The van der Waals surface area contributed by atoms with Crippen molar-refractivity contribution in [3.05, 3.63) is 33.8 Å². The Balaban J connectivity index is 2.22. The fourth-order valence-corrected chi connectivity index (χ4v) is 4.11. The maximum atomic E-state index is 12.3. The van der Waals surface area contributed by atoms with Crippen LogP contribution in [0.3, 0.4) is 0 Å². The fourth-order valence-electron chi connectivity index (χ4n) is 1.97. The van der Waals surface area contributed by atoms with E-state index in [0.717, 1.165) is 15.3 Å². The molecule has 7 nitrogen and oxygen atoms in total. The molecule has 0 aliphatic rings. The lowest BCUT2D eigenvalue weighted by Crippen LogP contribution is -2.27. The van der Waals surface area contributed by atoms with E-state index in [4.69, 9.17) is 5.84 Å². The summed E-state index contributed by atoms with van der Waals surface area (Å²) in [7, 11) is -3.68. The molecule has 2 aromatic heterocycles. The van der Waals surface area contributed by atoms with Crippen LogP contribution in [0.25, 0.3) is 0 Å². The first-order valence-corrected chi connectivity index (χ1v) is 8.51. The van der Waals surface area contributed by atoms with Gasteiger partial charge in [-0.2, -0.15) is 0 Å². The normalized spacial score (nSPS) is 13.1. The van der Waals surface area contributed by atoms with Crippen LogP contribution in [0.4, 0.5) is 5.95 Å². The van der Waals surface area contributed by atoms with E-state index in [9.17, 15) is 8.42 Å². The Hall–Kier alpha value is -1.55. The Kier molecular flexibility index (Phi) is 4.57. The van der Waals surface area contributed by atoms with Gasteiger partial charge >= 0.3 is 0 Å². The van der Waals surface area contributed by atoms with Crippen molar-refractivity contribution in [3.8, 4) is 0 Å². The van der Waals surface area contributed by atoms with Crippen molar-refractivity contribution in [1.29, 1.82) is 0 Å². The first-order chi connectivity index (χ1) is 9.83. The van der Waals surface area contributed by atoms with Gasteiger partial charge in [-0.1, -0.05) is 0 Å². The molecular weight excluding hydrogens is 310 g/mol. The quantitative estimate of drug-likeness (QED) is 0.567. The number of nitrogen functional groups attached to an aromatic ring is 1. The summed E-state index contributed by atoms with van der Waals surface area (Å²) in [4.78, 5) is 9.85. The Bertz CT molecular complexity index is 725. The van der Waals surface area contributed by atoms with Gasteiger partial charge in [0.25, 0.3) is 0 Å². The lowest BCUT2D eigenvalue weighted by atomic mass is 10.1. The number of nitrogens with one attached hydrogen (secondary N) is 2. The number of anilines is 1. The molecule has 0 aliphatic heterocycles. The van der Waals surface area contributed by atoms with Crippen LogP contribution in [0, 0.1) is 13.8 Å². The second-order valence-electron chi connectivity index (χ2n) is 4.60. The second-order valence-corrected chi connectivity index (χ2v) is 7.77. The predicted molar refractivity (Wildman–Crippen MR) is 82.4 cm³/mol. The molecule has 0 saturated heterocycles. The number of nitrogens with two attached hydrogens (primary N) is 1. The SMILES string of the molecule is Cc1cc(C(C)NS(=O)(=O)c2cnc(NN)nc2)c(C)s1. The number of rotatable bonds is 5. The van der Waals surface area contributed by atoms with Crippen LogP contribution in [0.1, 0.15) is 28.3 Å². The predicted octanol–water partition coefficient (Wildman–Crippen LogP) is 1.48. The third kappa shape index (κ3) is 3.56. The van der Waals surface area contributed by atoms with E-state index >= 15 is 0 Å². The summed E-state index contributed by atoms with van der Waals surface area (Å²) in [5.74, 6) is 5.30. The van der Waals surface area contributed by atoms with Gasteiger partial charge in [0.05, 0.1) is 12.4 Å². The van der Waals surface area contributed by atoms with Crippen molar-refractivity contribution in [3.63, 3.8) is 0 Å². The summed E-state index contributed by atoms with van der Waals surface area (Å²) in [6, 6.07) is 1.66. The Morgan fingerprint density at radius 1 is 1.29 bits per heavy atom. The van der Waals surface area contributed by atoms with Crippen LogP contribution in [0.2, 0.25) is 0 Å². The molecule has 0 amide bonds. The summed E-state index contributed by atoms with van der Waals surface area (Å²) in [5, 5.41) is 0. The number of aryl methyl sites for hydroxylation is 2. The maximum Gasteiger partial charge on any atom is 0.244 e. The summed E-state index contributed by atoms with van der Waals surface area (Å²) < 4.78 is 27.2. The molecule has 2 rings (SSSR count). The second kappa shape index (κ2) is 6.06. The van der Waals surface area contributed by atoms with Gasteiger partial charge < -0.3 is 0 Å². The highest BCUT2D eigenvalue weighted by Crippen LogP contribution is 2.27. The zero-order chi connectivity index (χ0) is 15.6. The molecule has 4 N–H and O–H groups in total. The van der Waals surface area contributed by atoms with Crippen molar-refractivity contribution in [2.24, 2.45) is 5.84 Å². The third-order valence-electron chi connectivity index (χ3n) is 2.95. The number of hydrogen-bond acceptors (Lipinski definition) is 7. The van der Waals surface area contributed by atoms with Gasteiger partial charge in [-0.15, -0.1) is 11.3 Å². The van der Waals surface area contributed by atoms with E-state index in [1.54, 1.807) is 11.3 Å². The molecule has 0 saturated carbocycles. The van der Waals surface area contributed by atoms with Gasteiger partial charge in [0.1, 0.15) is 4.90 Å². The lowest BCUT2D eigenvalue weighted by Gasteiger charge is -2.14. The van der Waals surface area contributed by atoms with Crippen LogP contribution < -0.4 is 16.0 Å². The molecule has 21 heavy (non-hydrogen) atoms. The molecule has 0 aliphatic carbocycles. The zero-order valence-electron chi connectivity index (χ0n) is 11.9. The summed E-state index contributed by atoms with van der Waals surface area (Å²) >= 11 is 1.64. The largest absolute Gasteiger partial charge is 0.292 e. The van der Waals surface area contributed by atoms with Crippen molar-refractivity contribution >= 4 is 27.3 Å². The molecule has 0 fully saturated rings. The number of hydrogen-bond donors (Lipinski definition) is 3. The van der Waals surface area contributed by atoms with E-state index in [-0.39, 0.29) is 16.9 Å². The minimum Gasteiger partial charge on any atom is -0.292 e. The first kappa shape index (κ1) is 15.8. The molecule has 1 unspecified atom stereocenters. The highest BCUT2D eigenvalue weighted by atomic mass is 32.2. The summed E-state index contributed by atoms with van der Waals surface area (Å²) in [6.07, 6.45) is 2.42. The van der Waals surface area contributed by atoms with Crippen molar-refractivity contribution < 1.29 is 8.42 Å². The van der Waals surface area contributed by atoms with Crippen LogP contribution in [-0.4, -0.2) is 18.4 Å². The molecule has 9 heteroatoms. The molecular formula is C12H17N5O2S2. The Labute approximate surface area is 127 Å². The van der Waals surface area contributed by atoms with Gasteiger partial charge in [0.2, 0.25) is 16.0 Å². The van der Waals surface area contributed by atoms with Crippen LogP contribution in [-0.2, 0) is 10.0 Å². The Morgan fingerprint density at radius 3 is 2.38 bits per heavy atom. The molecule has 1 atom stereocenters. The van der Waals surface area contributed by atoms with Crippen LogP contribution in [0.15, 0.2) is 23.4 Å². The maximum absolute atomic E-state index is 12.3. The van der Waals surface area contributed by atoms with E-state index in [1.165, 1.54) is 12.4 Å². The molecule has 0 aromatic carbocycles. The molecule has 2 heterocycles. The number of nitrogens with zero attached hydrogens (tertiary/aromatic N) is 2. The topological polar surface area (TPSA) is 110 Å². The first-order valence-electron chi connectivity index (χ1n) is 6.21. The highest BCUT2D eigenvalue weighted by Gasteiger charge is 2.21. The minimum atomic E-state index is -3.68.